The smallest absolute Gasteiger partial charge is 0.240 e. The maximum atomic E-state index is 12.8. The van der Waals surface area contributed by atoms with Crippen LogP contribution < -0.4 is 10.0 Å². The summed E-state index contributed by atoms with van der Waals surface area (Å²) in [6.45, 7) is 6.28. The quantitative estimate of drug-likeness (QED) is 0.675. The average Bonchev–Trinajstić information content (AvgIpc) is 2.46. The molecule has 0 heterocycles. The maximum absolute atomic E-state index is 12.8. The van der Waals surface area contributed by atoms with Crippen LogP contribution in [0.2, 0.25) is 0 Å². The van der Waals surface area contributed by atoms with Crippen molar-refractivity contribution in [2.45, 2.75) is 57.4 Å². The summed E-state index contributed by atoms with van der Waals surface area (Å²) in [5.74, 6) is -0.0394. The largest absolute Gasteiger partial charge is 0.354 e. The van der Waals surface area contributed by atoms with Crippen molar-refractivity contribution in [3.63, 3.8) is 0 Å². The Labute approximate surface area is 144 Å². The second-order valence-electron chi connectivity index (χ2n) is 6.40. The number of sulfonamides is 1. The van der Waals surface area contributed by atoms with Crippen LogP contribution >= 0.6 is 0 Å². The fraction of sp³-hybridized carbons (Fsp3) is 0.588. The van der Waals surface area contributed by atoms with Crippen LogP contribution in [-0.4, -0.2) is 26.9 Å². The second-order valence-corrected chi connectivity index (χ2v) is 8.16. The van der Waals surface area contributed by atoms with E-state index in [2.05, 4.69) is 23.9 Å². The van der Waals surface area contributed by atoms with Crippen molar-refractivity contribution in [1.82, 2.24) is 10.0 Å². The van der Waals surface area contributed by atoms with E-state index in [1.807, 2.05) is 6.92 Å². The molecule has 0 bridgehead atoms. The van der Waals surface area contributed by atoms with Gasteiger partial charge in [0.05, 0.1) is 4.90 Å². The molecule has 0 aliphatic rings. The van der Waals surface area contributed by atoms with Crippen LogP contribution in [0, 0.1) is 11.7 Å². The molecule has 0 saturated carbocycles. The van der Waals surface area contributed by atoms with Gasteiger partial charge in [0.2, 0.25) is 15.9 Å². The third-order valence-corrected chi connectivity index (χ3v) is 5.07. The normalized spacial score (nSPS) is 13.0. The fourth-order valence-electron chi connectivity index (χ4n) is 2.25. The summed E-state index contributed by atoms with van der Waals surface area (Å²) in [4.78, 5) is 11.8. The predicted molar refractivity (Wildman–Crippen MR) is 92.5 cm³/mol. The summed E-state index contributed by atoms with van der Waals surface area (Å²) < 4.78 is 39.1. The molecule has 0 aliphatic heterocycles. The number of carbonyl (C=O) groups excluding carboxylic acids is 1. The number of hydrogen-bond donors (Lipinski definition) is 2. The van der Waals surface area contributed by atoms with Crippen molar-refractivity contribution in [1.29, 1.82) is 0 Å². The number of carbonyl (C=O) groups is 1. The third-order valence-electron chi connectivity index (χ3n) is 3.59. The number of benzene rings is 1. The van der Waals surface area contributed by atoms with Crippen LogP contribution in [-0.2, 0) is 14.8 Å². The third kappa shape index (κ3) is 7.88. The lowest BCUT2D eigenvalue weighted by Gasteiger charge is -2.14. The summed E-state index contributed by atoms with van der Waals surface area (Å²) in [5, 5.41) is 2.86. The molecule has 1 aromatic rings. The molecule has 5 nitrogen and oxygen atoms in total. The van der Waals surface area contributed by atoms with Crippen molar-refractivity contribution < 1.29 is 17.6 Å². The molecule has 1 aromatic carbocycles. The molecule has 0 spiro atoms. The minimum Gasteiger partial charge on any atom is -0.354 e. The molecule has 1 atom stereocenters. The predicted octanol–water partition coefficient (Wildman–Crippen LogP) is 2.83. The first-order valence-electron chi connectivity index (χ1n) is 8.25. The second kappa shape index (κ2) is 9.74. The highest BCUT2D eigenvalue weighted by Crippen LogP contribution is 2.10. The molecule has 1 rings (SSSR count). The van der Waals surface area contributed by atoms with Crippen molar-refractivity contribution in [3.8, 4) is 0 Å². The Kier molecular flexibility index (Phi) is 8.35. The van der Waals surface area contributed by atoms with E-state index in [1.165, 1.54) is 12.1 Å². The molecule has 1 unspecified atom stereocenters. The summed E-state index contributed by atoms with van der Waals surface area (Å²) in [6.07, 6.45) is 3.15. The van der Waals surface area contributed by atoms with E-state index >= 15 is 0 Å². The summed E-state index contributed by atoms with van der Waals surface area (Å²) >= 11 is 0. The highest BCUT2D eigenvalue weighted by molar-refractivity contribution is 7.89. The molecule has 7 heteroatoms. The van der Waals surface area contributed by atoms with E-state index < -0.39 is 15.8 Å². The first-order valence-corrected chi connectivity index (χ1v) is 9.73. The first kappa shape index (κ1) is 20.6. The van der Waals surface area contributed by atoms with Gasteiger partial charge in [-0.3, -0.25) is 4.79 Å². The lowest BCUT2D eigenvalue weighted by atomic mass is 10.0. The topological polar surface area (TPSA) is 75.3 Å². The Morgan fingerprint density at radius 3 is 2.33 bits per heavy atom. The lowest BCUT2D eigenvalue weighted by molar-refractivity contribution is -0.121. The van der Waals surface area contributed by atoms with Crippen LogP contribution in [0.3, 0.4) is 0 Å². The zero-order valence-electron chi connectivity index (χ0n) is 14.5. The fourth-order valence-corrected chi connectivity index (χ4v) is 3.28. The van der Waals surface area contributed by atoms with Gasteiger partial charge in [-0.2, -0.15) is 0 Å². The molecule has 2 N–H and O–H groups in total. The molecular formula is C17H27FN2O3S. The number of halogens is 1. The van der Waals surface area contributed by atoms with E-state index in [4.69, 9.17) is 0 Å². The standard InChI is InChI=1S/C17H27FN2O3S/c1-13(2)5-4-6-14(3)20-17(21)11-12-19-24(22,23)16-9-7-15(18)8-10-16/h7-10,13-14,19H,4-6,11-12H2,1-3H3,(H,20,21). The molecule has 136 valence electrons. The van der Waals surface area contributed by atoms with E-state index in [0.717, 1.165) is 31.4 Å². The van der Waals surface area contributed by atoms with Crippen molar-refractivity contribution in [2.24, 2.45) is 5.92 Å². The van der Waals surface area contributed by atoms with E-state index in [0.29, 0.717) is 5.92 Å². The molecule has 0 radical (unpaired) electrons. The molecule has 0 aromatic heterocycles. The van der Waals surface area contributed by atoms with Gasteiger partial charge in [-0.1, -0.05) is 26.7 Å². The Bertz CT molecular complexity index is 615. The van der Waals surface area contributed by atoms with Gasteiger partial charge in [0.1, 0.15) is 5.82 Å². The van der Waals surface area contributed by atoms with Gasteiger partial charge in [-0.25, -0.2) is 17.5 Å². The molecule has 0 saturated heterocycles. The molecule has 1 amide bonds. The highest BCUT2D eigenvalue weighted by atomic mass is 32.2. The number of nitrogens with one attached hydrogen (secondary N) is 2. The van der Waals surface area contributed by atoms with Crippen LogP contribution in [0.4, 0.5) is 4.39 Å². The minimum atomic E-state index is -3.72. The van der Waals surface area contributed by atoms with Crippen LogP contribution in [0.5, 0.6) is 0 Å². The van der Waals surface area contributed by atoms with Gasteiger partial charge in [0, 0.05) is 19.0 Å². The zero-order valence-corrected chi connectivity index (χ0v) is 15.3. The Balaban J connectivity index is 2.33. The lowest BCUT2D eigenvalue weighted by Crippen LogP contribution is -2.35. The molecule has 24 heavy (non-hydrogen) atoms. The van der Waals surface area contributed by atoms with Crippen molar-refractivity contribution in [2.75, 3.05) is 6.54 Å². The number of rotatable bonds is 10. The van der Waals surface area contributed by atoms with Crippen LogP contribution in [0.25, 0.3) is 0 Å². The maximum Gasteiger partial charge on any atom is 0.240 e. The Morgan fingerprint density at radius 1 is 1.12 bits per heavy atom. The summed E-state index contributed by atoms with van der Waals surface area (Å²) in [6, 6.07) is 4.62. The average molecular weight is 358 g/mol. The monoisotopic (exact) mass is 358 g/mol. The summed E-state index contributed by atoms with van der Waals surface area (Å²) in [7, 11) is -3.72. The number of amides is 1. The van der Waals surface area contributed by atoms with Gasteiger partial charge in [-0.15, -0.1) is 0 Å². The van der Waals surface area contributed by atoms with Gasteiger partial charge >= 0.3 is 0 Å². The van der Waals surface area contributed by atoms with E-state index in [-0.39, 0.29) is 29.8 Å². The Morgan fingerprint density at radius 2 is 1.75 bits per heavy atom. The number of hydrogen-bond acceptors (Lipinski definition) is 3. The van der Waals surface area contributed by atoms with Crippen LogP contribution in [0.15, 0.2) is 29.2 Å². The first-order chi connectivity index (χ1) is 11.2. The molecular weight excluding hydrogens is 331 g/mol. The van der Waals surface area contributed by atoms with Gasteiger partial charge in [0.25, 0.3) is 0 Å². The Hall–Kier alpha value is -1.47. The zero-order chi connectivity index (χ0) is 18.2. The highest BCUT2D eigenvalue weighted by Gasteiger charge is 2.14. The van der Waals surface area contributed by atoms with Crippen LogP contribution in [0.1, 0.15) is 46.5 Å². The van der Waals surface area contributed by atoms with Gasteiger partial charge < -0.3 is 5.32 Å². The SMILES string of the molecule is CC(C)CCCC(C)NC(=O)CCNS(=O)(=O)c1ccc(F)cc1. The van der Waals surface area contributed by atoms with Crippen molar-refractivity contribution >= 4 is 15.9 Å². The van der Waals surface area contributed by atoms with Gasteiger partial charge in [0.15, 0.2) is 0 Å². The molecule has 0 fully saturated rings. The van der Waals surface area contributed by atoms with E-state index in [9.17, 15) is 17.6 Å². The van der Waals surface area contributed by atoms with Gasteiger partial charge in [-0.05, 0) is 43.5 Å². The van der Waals surface area contributed by atoms with E-state index in [1.54, 1.807) is 0 Å². The minimum absolute atomic E-state index is 0.00422. The summed E-state index contributed by atoms with van der Waals surface area (Å²) in [5.41, 5.74) is 0. The van der Waals surface area contributed by atoms with Crippen molar-refractivity contribution in [3.05, 3.63) is 30.1 Å². The molecule has 0 aliphatic carbocycles.